The summed E-state index contributed by atoms with van der Waals surface area (Å²) in [5, 5.41) is 19.8. The number of nitrogens with zero attached hydrogens (tertiary/aromatic N) is 4. The molecule has 0 saturated carbocycles. The molecule has 1 aromatic heterocycles. The number of piperazine rings is 1. The zero-order valence-corrected chi connectivity index (χ0v) is 20.1. The van der Waals surface area contributed by atoms with Crippen LogP contribution < -0.4 is 4.90 Å². The number of anilines is 1. The minimum Gasteiger partial charge on any atom is -0.481 e. The van der Waals surface area contributed by atoms with Gasteiger partial charge in [0.25, 0.3) is 0 Å². The molecule has 34 heavy (non-hydrogen) atoms. The number of carboxylic acid groups (broad SMARTS) is 1. The second kappa shape index (κ2) is 10.7. The number of hydrogen-bond acceptors (Lipinski definition) is 6. The lowest BCUT2D eigenvalue weighted by atomic mass is 9.91. The first-order valence-electron chi connectivity index (χ1n) is 11.9. The van der Waals surface area contributed by atoms with E-state index < -0.39 is 12.1 Å². The summed E-state index contributed by atoms with van der Waals surface area (Å²) in [6, 6.07) is 7.35. The molecule has 0 bridgehead atoms. The van der Waals surface area contributed by atoms with Crippen molar-refractivity contribution in [3.63, 3.8) is 0 Å². The van der Waals surface area contributed by atoms with Gasteiger partial charge in [-0.1, -0.05) is 37.1 Å². The summed E-state index contributed by atoms with van der Waals surface area (Å²) in [5.41, 5.74) is 2.65. The van der Waals surface area contributed by atoms with E-state index >= 15 is 0 Å². The maximum Gasteiger partial charge on any atom is 0.303 e. The highest BCUT2D eigenvalue weighted by molar-refractivity contribution is 6.30. The van der Waals surface area contributed by atoms with Crippen LogP contribution in [0.25, 0.3) is 0 Å². The SMILES string of the molecule is C[C@@H]1C[C@@H](O)c2ncnc(N3CCN(C(=O)[C@H](CCCCC(=O)O)c4ccc(Cl)cc4)CC3)c21. The molecule has 2 aromatic rings. The fraction of sp³-hybridized carbons (Fsp3) is 0.520. The van der Waals surface area contributed by atoms with Crippen molar-refractivity contribution in [3.8, 4) is 0 Å². The van der Waals surface area contributed by atoms with Gasteiger partial charge in [0, 0.05) is 43.2 Å². The normalized spacial score (nSPS) is 20.8. The van der Waals surface area contributed by atoms with Crippen molar-refractivity contribution in [2.45, 2.75) is 57.0 Å². The number of hydrogen-bond donors (Lipinski definition) is 2. The molecule has 2 aliphatic rings. The predicted octanol–water partition coefficient (Wildman–Crippen LogP) is 3.75. The Bertz CT molecular complexity index is 1020. The van der Waals surface area contributed by atoms with Gasteiger partial charge in [0.15, 0.2) is 0 Å². The van der Waals surface area contributed by atoms with Crippen molar-refractivity contribution >= 4 is 29.3 Å². The van der Waals surface area contributed by atoms with E-state index in [9.17, 15) is 14.7 Å². The largest absolute Gasteiger partial charge is 0.481 e. The Labute approximate surface area is 204 Å². The van der Waals surface area contributed by atoms with Gasteiger partial charge in [-0.2, -0.15) is 0 Å². The number of fused-ring (bicyclic) bond motifs is 1. The second-order valence-corrected chi connectivity index (χ2v) is 9.64. The van der Waals surface area contributed by atoms with Gasteiger partial charge in [0.2, 0.25) is 5.91 Å². The minimum absolute atomic E-state index is 0.0639. The van der Waals surface area contributed by atoms with Gasteiger partial charge in [0.1, 0.15) is 12.1 Å². The molecule has 2 heterocycles. The monoisotopic (exact) mass is 486 g/mol. The maximum atomic E-state index is 13.5. The Morgan fingerprint density at radius 3 is 2.50 bits per heavy atom. The van der Waals surface area contributed by atoms with Crippen LogP contribution in [0.3, 0.4) is 0 Å². The maximum absolute atomic E-state index is 13.5. The zero-order chi connectivity index (χ0) is 24.2. The molecule has 9 heteroatoms. The van der Waals surface area contributed by atoms with Gasteiger partial charge in [-0.05, 0) is 42.9 Å². The van der Waals surface area contributed by atoms with Crippen molar-refractivity contribution in [3.05, 3.63) is 52.4 Å². The molecule has 1 saturated heterocycles. The van der Waals surface area contributed by atoms with E-state index in [1.54, 1.807) is 12.1 Å². The summed E-state index contributed by atoms with van der Waals surface area (Å²) in [4.78, 5) is 37.3. The van der Waals surface area contributed by atoms with Crippen LogP contribution in [-0.2, 0) is 9.59 Å². The summed E-state index contributed by atoms with van der Waals surface area (Å²) in [6.45, 7) is 4.55. The van der Waals surface area contributed by atoms with Crippen LogP contribution in [0.5, 0.6) is 0 Å². The first-order valence-corrected chi connectivity index (χ1v) is 12.3. The molecule has 8 nitrogen and oxygen atoms in total. The van der Waals surface area contributed by atoms with Crippen LogP contribution in [0.4, 0.5) is 5.82 Å². The zero-order valence-electron chi connectivity index (χ0n) is 19.4. The van der Waals surface area contributed by atoms with E-state index in [0.29, 0.717) is 56.9 Å². The van der Waals surface area contributed by atoms with Gasteiger partial charge in [-0.25, -0.2) is 9.97 Å². The topological polar surface area (TPSA) is 107 Å². The highest BCUT2D eigenvalue weighted by Gasteiger charge is 2.35. The summed E-state index contributed by atoms with van der Waals surface area (Å²) >= 11 is 6.05. The third-order valence-electron chi connectivity index (χ3n) is 6.87. The lowest BCUT2D eigenvalue weighted by molar-refractivity contribution is -0.137. The van der Waals surface area contributed by atoms with Crippen LogP contribution in [0.1, 0.15) is 73.8 Å². The molecule has 4 rings (SSSR count). The molecule has 1 aromatic carbocycles. The van der Waals surface area contributed by atoms with Crippen LogP contribution in [0, 0.1) is 0 Å². The third-order valence-corrected chi connectivity index (χ3v) is 7.13. The van der Waals surface area contributed by atoms with E-state index in [2.05, 4.69) is 21.8 Å². The van der Waals surface area contributed by atoms with E-state index in [1.807, 2.05) is 17.0 Å². The highest BCUT2D eigenvalue weighted by Crippen LogP contribution is 2.42. The third kappa shape index (κ3) is 5.33. The number of benzene rings is 1. The molecular formula is C25H31ClN4O4. The predicted molar refractivity (Wildman–Crippen MR) is 129 cm³/mol. The van der Waals surface area contributed by atoms with Crippen LogP contribution >= 0.6 is 11.6 Å². The summed E-state index contributed by atoms with van der Waals surface area (Å²) in [7, 11) is 0. The number of halogens is 1. The fourth-order valence-electron chi connectivity index (χ4n) is 5.07. The quantitative estimate of drug-likeness (QED) is 0.547. The molecule has 1 fully saturated rings. The van der Waals surface area contributed by atoms with E-state index in [0.717, 1.165) is 22.6 Å². The van der Waals surface area contributed by atoms with Crippen molar-refractivity contribution < 1.29 is 19.8 Å². The van der Waals surface area contributed by atoms with Gasteiger partial charge in [-0.3, -0.25) is 9.59 Å². The number of aromatic nitrogens is 2. The van der Waals surface area contributed by atoms with Crippen molar-refractivity contribution in [1.29, 1.82) is 0 Å². The van der Waals surface area contributed by atoms with Crippen LogP contribution in [0.15, 0.2) is 30.6 Å². The van der Waals surface area contributed by atoms with Crippen LogP contribution in [0.2, 0.25) is 5.02 Å². The van der Waals surface area contributed by atoms with Gasteiger partial charge >= 0.3 is 5.97 Å². The molecule has 1 aliphatic heterocycles. The standard InChI is InChI=1S/C25H31ClN4O4/c1-16-14-20(31)23-22(16)24(28-15-27-23)29-10-12-30(13-11-29)25(34)19(4-2-3-5-21(32)33)17-6-8-18(26)9-7-17/h6-9,15-16,19-20,31H,2-5,10-14H2,1H3,(H,32,33)/t16-,19-,20-/m1/s1. The van der Waals surface area contributed by atoms with E-state index in [4.69, 9.17) is 16.7 Å². The number of aliphatic hydroxyl groups excluding tert-OH is 1. The number of aliphatic carboxylic acids is 1. The van der Waals surface area contributed by atoms with Crippen molar-refractivity contribution in [1.82, 2.24) is 14.9 Å². The number of carboxylic acids is 1. The van der Waals surface area contributed by atoms with E-state index in [1.165, 1.54) is 6.33 Å². The Kier molecular flexibility index (Phi) is 7.68. The first-order chi connectivity index (χ1) is 16.3. The smallest absolute Gasteiger partial charge is 0.303 e. The average Bonchev–Trinajstić information content (AvgIpc) is 3.13. The fourth-order valence-corrected chi connectivity index (χ4v) is 5.19. The molecule has 0 spiro atoms. The summed E-state index contributed by atoms with van der Waals surface area (Å²) in [5.74, 6) is -0.0152. The number of amides is 1. The second-order valence-electron chi connectivity index (χ2n) is 9.20. The van der Waals surface area contributed by atoms with Crippen molar-refractivity contribution in [2.24, 2.45) is 0 Å². The molecule has 1 aliphatic carbocycles. The Hall–Kier alpha value is -2.71. The number of unbranched alkanes of at least 4 members (excludes halogenated alkanes) is 1. The van der Waals surface area contributed by atoms with Gasteiger partial charge in [0.05, 0.1) is 17.7 Å². The van der Waals surface area contributed by atoms with E-state index in [-0.39, 0.29) is 24.2 Å². The molecular weight excluding hydrogens is 456 g/mol. The molecule has 0 unspecified atom stereocenters. The Morgan fingerprint density at radius 1 is 1.12 bits per heavy atom. The lowest BCUT2D eigenvalue weighted by Crippen LogP contribution is -2.50. The minimum atomic E-state index is -0.816. The van der Waals surface area contributed by atoms with Crippen molar-refractivity contribution in [2.75, 3.05) is 31.1 Å². The number of rotatable bonds is 8. The molecule has 2 N–H and O–H groups in total. The number of carbonyl (C=O) groups excluding carboxylic acids is 1. The molecule has 0 radical (unpaired) electrons. The molecule has 3 atom stereocenters. The number of aliphatic hydroxyl groups is 1. The van der Waals surface area contributed by atoms with Gasteiger partial charge < -0.3 is 20.0 Å². The Morgan fingerprint density at radius 2 is 1.82 bits per heavy atom. The number of carbonyl (C=O) groups is 2. The molecule has 1 amide bonds. The van der Waals surface area contributed by atoms with Crippen LogP contribution in [-0.4, -0.2) is 63.1 Å². The summed E-state index contributed by atoms with van der Waals surface area (Å²) < 4.78 is 0. The first kappa shape index (κ1) is 24.4. The summed E-state index contributed by atoms with van der Waals surface area (Å²) in [6.07, 6.45) is 3.54. The lowest BCUT2D eigenvalue weighted by Gasteiger charge is -2.38. The van der Waals surface area contributed by atoms with Gasteiger partial charge in [-0.15, -0.1) is 0 Å². The highest BCUT2D eigenvalue weighted by atomic mass is 35.5. The molecule has 182 valence electrons. The average molecular weight is 487 g/mol. The Balaban J connectivity index is 1.44.